The van der Waals surface area contributed by atoms with E-state index in [0.29, 0.717) is 6.61 Å². The summed E-state index contributed by atoms with van der Waals surface area (Å²) in [5, 5.41) is 0. The largest absolute Gasteiger partial charge is 0.465 e. The first-order valence-electron chi connectivity index (χ1n) is 7.11. The number of ether oxygens (including phenoxy) is 1. The highest BCUT2D eigenvalue weighted by atomic mass is 16.5. The molecule has 0 bridgehead atoms. The number of carbonyl (C=O) groups excluding carboxylic acids is 1. The van der Waals surface area contributed by atoms with Gasteiger partial charge in [-0.1, -0.05) is 33.6 Å². The van der Waals surface area contributed by atoms with Crippen LogP contribution in [0.2, 0.25) is 0 Å². The standard InChI is InChI=1S/C14H29NO2/c1-5-9-11-15(12-10-6-2)13(7-3)14(16)17-8-4/h13H,5-12H2,1-4H3. The Hall–Kier alpha value is -0.570. The molecule has 0 aromatic rings. The molecule has 0 rings (SSSR count). The first-order chi connectivity index (χ1) is 8.21. The van der Waals surface area contributed by atoms with E-state index in [1.807, 2.05) is 6.92 Å². The van der Waals surface area contributed by atoms with E-state index in [0.717, 1.165) is 32.4 Å². The van der Waals surface area contributed by atoms with E-state index >= 15 is 0 Å². The molecule has 0 amide bonds. The van der Waals surface area contributed by atoms with Gasteiger partial charge in [0.2, 0.25) is 0 Å². The fraction of sp³-hybridized carbons (Fsp3) is 0.929. The lowest BCUT2D eigenvalue weighted by atomic mass is 10.1. The van der Waals surface area contributed by atoms with Crippen LogP contribution in [0.5, 0.6) is 0 Å². The third kappa shape index (κ3) is 6.67. The molecule has 17 heavy (non-hydrogen) atoms. The van der Waals surface area contributed by atoms with E-state index in [-0.39, 0.29) is 12.0 Å². The number of nitrogens with zero attached hydrogens (tertiary/aromatic N) is 1. The Labute approximate surface area is 107 Å². The van der Waals surface area contributed by atoms with Crippen LogP contribution >= 0.6 is 0 Å². The zero-order valence-corrected chi connectivity index (χ0v) is 12.0. The molecule has 0 aliphatic heterocycles. The number of esters is 1. The fourth-order valence-electron chi connectivity index (χ4n) is 1.96. The Morgan fingerprint density at radius 1 is 1.06 bits per heavy atom. The van der Waals surface area contributed by atoms with Gasteiger partial charge in [-0.25, -0.2) is 0 Å². The van der Waals surface area contributed by atoms with Crippen molar-refractivity contribution in [1.29, 1.82) is 0 Å². The van der Waals surface area contributed by atoms with Crippen molar-refractivity contribution in [2.45, 2.75) is 65.8 Å². The zero-order chi connectivity index (χ0) is 13.1. The van der Waals surface area contributed by atoms with Crippen molar-refractivity contribution in [3.8, 4) is 0 Å². The van der Waals surface area contributed by atoms with Crippen LogP contribution in [-0.2, 0) is 9.53 Å². The third-order valence-corrected chi connectivity index (χ3v) is 2.98. The minimum absolute atomic E-state index is 0.0481. The van der Waals surface area contributed by atoms with E-state index < -0.39 is 0 Å². The Morgan fingerprint density at radius 2 is 1.59 bits per heavy atom. The third-order valence-electron chi connectivity index (χ3n) is 2.98. The van der Waals surface area contributed by atoms with Gasteiger partial charge in [-0.05, 0) is 39.3 Å². The van der Waals surface area contributed by atoms with Gasteiger partial charge >= 0.3 is 5.97 Å². The topological polar surface area (TPSA) is 29.5 Å². The van der Waals surface area contributed by atoms with E-state index in [4.69, 9.17) is 4.74 Å². The molecule has 0 fully saturated rings. The number of rotatable bonds is 10. The van der Waals surface area contributed by atoms with Crippen LogP contribution in [0.25, 0.3) is 0 Å². The average molecular weight is 243 g/mol. The quantitative estimate of drug-likeness (QED) is 0.552. The fourth-order valence-corrected chi connectivity index (χ4v) is 1.96. The molecule has 3 nitrogen and oxygen atoms in total. The Balaban J connectivity index is 4.40. The van der Waals surface area contributed by atoms with Crippen LogP contribution in [0.15, 0.2) is 0 Å². The van der Waals surface area contributed by atoms with Crippen molar-refractivity contribution in [3.63, 3.8) is 0 Å². The predicted molar refractivity (Wildman–Crippen MR) is 72.1 cm³/mol. The highest BCUT2D eigenvalue weighted by Crippen LogP contribution is 2.10. The molecular formula is C14H29NO2. The highest BCUT2D eigenvalue weighted by molar-refractivity contribution is 5.75. The van der Waals surface area contributed by atoms with Crippen molar-refractivity contribution in [3.05, 3.63) is 0 Å². The second-order valence-corrected chi connectivity index (χ2v) is 4.42. The van der Waals surface area contributed by atoms with Crippen molar-refractivity contribution in [2.24, 2.45) is 0 Å². The first-order valence-corrected chi connectivity index (χ1v) is 7.11. The number of unbranched alkanes of at least 4 members (excludes halogenated alkanes) is 2. The molecule has 0 aromatic heterocycles. The summed E-state index contributed by atoms with van der Waals surface area (Å²) in [6.45, 7) is 10.8. The summed E-state index contributed by atoms with van der Waals surface area (Å²) in [4.78, 5) is 14.2. The minimum atomic E-state index is -0.0535. The maximum Gasteiger partial charge on any atom is 0.323 e. The molecule has 0 saturated carbocycles. The van der Waals surface area contributed by atoms with Crippen LogP contribution in [0.4, 0.5) is 0 Å². The summed E-state index contributed by atoms with van der Waals surface area (Å²) in [6, 6.07) is -0.0481. The SMILES string of the molecule is CCCCN(CCCC)C(CC)C(=O)OCC. The van der Waals surface area contributed by atoms with E-state index in [1.54, 1.807) is 0 Å². The second kappa shape index (κ2) is 10.6. The molecule has 1 atom stereocenters. The van der Waals surface area contributed by atoms with Crippen LogP contribution < -0.4 is 0 Å². The smallest absolute Gasteiger partial charge is 0.323 e. The molecule has 0 aliphatic rings. The molecule has 3 heteroatoms. The number of hydrogen-bond donors (Lipinski definition) is 0. The zero-order valence-electron chi connectivity index (χ0n) is 12.0. The average Bonchev–Trinajstić information content (AvgIpc) is 2.33. The van der Waals surface area contributed by atoms with Crippen molar-refractivity contribution in [1.82, 2.24) is 4.90 Å². The summed E-state index contributed by atoms with van der Waals surface area (Å²) >= 11 is 0. The Kier molecular flexibility index (Phi) is 10.2. The summed E-state index contributed by atoms with van der Waals surface area (Å²) in [5.41, 5.74) is 0. The Bertz CT molecular complexity index is 187. The van der Waals surface area contributed by atoms with Gasteiger partial charge in [0.15, 0.2) is 0 Å². The lowest BCUT2D eigenvalue weighted by Gasteiger charge is -2.29. The first kappa shape index (κ1) is 16.4. The molecule has 1 unspecified atom stereocenters. The predicted octanol–water partition coefficient (Wildman–Crippen LogP) is 3.23. The van der Waals surface area contributed by atoms with Gasteiger partial charge in [0.1, 0.15) is 6.04 Å². The minimum Gasteiger partial charge on any atom is -0.465 e. The second-order valence-electron chi connectivity index (χ2n) is 4.42. The maximum absolute atomic E-state index is 11.9. The van der Waals surface area contributed by atoms with Gasteiger partial charge in [0.25, 0.3) is 0 Å². The molecule has 0 aliphatic carbocycles. The normalized spacial score (nSPS) is 12.8. The summed E-state index contributed by atoms with van der Waals surface area (Å²) in [5.74, 6) is -0.0535. The van der Waals surface area contributed by atoms with Gasteiger partial charge in [0, 0.05) is 0 Å². The monoisotopic (exact) mass is 243 g/mol. The molecule has 0 aromatic carbocycles. The van der Waals surface area contributed by atoms with Gasteiger partial charge in [-0.2, -0.15) is 0 Å². The summed E-state index contributed by atoms with van der Waals surface area (Å²) < 4.78 is 5.16. The maximum atomic E-state index is 11.9. The van der Waals surface area contributed by atoms with Crippen molar-refractivity contribution < 1.29 is 9.53 Å². The van der Waals surface area contributed by atoms with Gasteiger partial charge < -0.3 is 4.74 Å². The van der Waals surface area contributed by atoms with E-state index in [9.17, 15) is 4.79 Å². The molecule has 0 N–H and O–H groups in total. The highest BCUT2D eigenvalue weighted by Gasteiger charge is 2.24. The van der Waals surface area contributed by atoms with E-state index in [2.05, 4.69) is 25.7 Å². The van der Waals surface area contributed by atoms with Gasteiger partial charge in [-0.15, -0.1) is 0 Å². The Morgan fingerprint density at radius 3 is 1.94 bits per heavy atom. The number of hydrogen-bond acceptors (Lipinski definition) is 3. The van der Waals surface area contributed by atoms with Gasteiger partial charge in [-0.3, -0.25) is 9.69 Å². The van der Waals surface area contributed by atoms with Crippen LogP contribution in [0, 0.1) is 0 Å². The van der Waals surface area contributed by atoms with E-state index in [1.165, 1.54) is 12.8 Å². The lowest BCUT2D eigenvalue weighted by Crippen LogP contribution is -2.43. The molecule has 0 saturated heterocycles. The molecule has 102 valence electrons. The summed E-state index contributed by atoms with van der Waals surface area (Å²) in [6.07, 6.45) is 5.48. The van der Waals surface area contributed by atoms with Gasteiger partial charge in [0.05, 0.1) is 6.61 Å². The van der Waals surface area contributed by atoms with Crippen LogP contribution in [-0.4, -0.2) is 36.6 Å². The number of carbonyl (C=O) groups is 1. The molecule has 0 radical (unpaired) electrons. The van der Waals surface area contributed by atoms with Crippen LogP contribution in [0.3, 0.4) is 0 Å². The molecule has 0 heterocycles. The van der Waals surface area contributed by atoms with Crippen LogP contribution in [0.1, 0.15) is 59.8 Å². The summed E-state index contributed by atoms with van der Waals surface area (Å²) in [7, 11) is 0. The van der Waals surface area contributed by atoms with Crippen molar-refractivity contribution >= 4 is 5.97 Å². The lowest BCUT2D eigenvalue weighted by molar-refractivity contribution is -0.149. The molecular weight excluding hydrogens is 214 g/mol. The molecule has 0 spiro atoms. The van der Waals surface area contributed by atoms with Crippen molar-refractivity contribution in [2.75, 3.05) is 19.7 Å².